The maximum Gasteiger partial charge on any atom is 0.196 e. The van der Waals surface area contributed by atoms with Crippen LogP contribution in [-0.2, 0) is 6.42 Å². The van der Waals surface area contributed by atoms with Gasteiger partial charge in [0.1, 0.15) is 18.2 Å². The Bertz CT molecular complexity index is 881. The zero-order valence-corrected chi connectivity index (χ0v) is 12.9. The van der Waals surface area contributed by atoms with Gasteiger partial charge in [0, 0.05) is 18.1 Å². The summed E-state index contributed by atoms with van der Waals surface area (Å²) in [5.41, 5.74) is 15.9. The Labute approximate surface area is 139 Å². The standard InChI is InChI=1S/C17H17N7/c18-15-14-16(23-17(19)22-15)24(10-21-14)13-3-1-11(2-4-13)9-12-5-7-20-8-6-12/h1-8,10,15H,9,18H2,(H3,19,22,23). The SMILES string of the molecule is NC1=Nc2c(ncn2-c2ccc(Cc3ccncc3)cc2)C(N)N1. The smallest absolute Gasteiger partial charge is 0.196 e. The lowest BCUT2D eigenvalue weighted by atomic mass is 10.1. The van der Waals surface area contributed by atoms with Gasteiger partial charge in [-0.2, -0.15) is 4.99 Å². The van der Waals surface area contributed by atoms with Crippen LogP contribution in [0.1, 0.15) is 23.0 Å². The number of pyridine rings is 1. The molecule has 24 heavy (non-hydrogen) atoms. The molecule has 1 unspecified atom stereocenters. The van der Waals surface area contributed by atoms with Crippen LogP contribution in [0.4, 0.5) is 5.82 Å². The Morgan fingerprint density at radius 3 is 2.50 bits per heavy atom. The molecule has 1 aliphatic heterocycles. The van der Waals surface area contributed by atoms with Crippen molar-refractivity contribution in [1.82, 2.24) is 19.9 Å². The molecule has 0 bridgehead atoms. The van der Waals surface area contributed by atoms with E-state index in [9.17, 15) is 0 Å². The number of aliphatic imine (C=N–C) groups is 1. The molecule has 0 amide bonds. The average molecular weight is 319 g/mol. The van der Waals surface area contributed by atoms with Gasteiger partial charge in [-0.05, 0) is 41.8 Å². The number of fused-ring (bicyclic) bond motifs is 1. The molecule has 0 saturated heterocycles. The van der Waals surface area contributed by atoms with Gasteiger partial charge in [0.15, 0.2) is 11.8 Å². The third-order valence-electron chi connectivity index (χ3n) is 3.97. The number of imidazole rings is 1. The summed E-state index contributed by atoms with van der Waals surface area (Å²) in [5.74, 6) is 0.965. The van der Waals surface area contributed by atoms with Crippen LogP contribution >= 0.6 is 0 Å². The predicted octanol–water partition coefficient (Wildman–Crippen LogP) is 1.36. The summed E-state index contributed by atoms with van der Waals surface area (Å²) < 4.78 is 1.89. The molecule has 4 rings (SSSR count). The highest BCUT2D eigenvalue weighted by molar-refractivity contribution is 5.83. The van der Waals surface area contributed by atoms with Gasteiger partial charge in [0.25, 0.3) is 0 Å². The highest BCUT2D eigenvalue weighted by atomic mass is 15.3. The zero-order chi connectivity index (χ0) is 16.5. The Balaban J connectivity index is 1.63. The molecule has 1 atom stereocenters. The van der Waals surface area contributed by atoms with Gasteiger partial charge in [0.05, 0.1) is 0 Å². The monoisotopic (exact) mass is 319 g/mol. The Hall–Kier alpha value is -3.19. The van der Waals surface area contributed by atoms with Gasteiger partial charge in [0.2, 0.25) is 0 Å². The molecule has 0 fully saturated rings. The normalized spacial score (nSPS) is 16.2. The first-order valence-corrected chi connectivity index (χ1v) is 7.62. The first kappa shape index (κ1) is 14.4. The van der Waals surface area contributed by atoms with E-state index in [0.29, 0.717) is 17.5 Å². The lowest BCUT2D eigenvalue weighted by Gasteiger charge is -2.18. The van der Waals surface area contributed by atoms with E-state index in [0.717, 1.165) is 12.1 Å². The van der Waals surface area contributed by atoms with Crippen LogP contribution in [0.5, 0.6) is 0 Å². The fraction of sp³-hybridized carbons (Fsp3) is 0.118. The summed E-state index contributed by atoms with van der Waals surface area (Å²) in [6.45, 7) is 0. The van der Waals surface area contributed by atoms with Gasteiger partial charge in [-0.3, -0.25) is 9.55 Å². The first-order valence-electron chi connectivity index (χ1n) is 7.62. The molecule has 5 N–H and O–H groups in total. The molecule has 120 valence electrons. The Morgan fingerprint density at radius 1 is 1.04 bits per heavy atom. The van der Waals surface area contributed by atoms with Crippen molar-refractivity contribution in [3.8, 4) is 5.69 Å². The largest absolute Gasteiger partial charge is 0.370 e. The highest BCUT2D eigenvalue weighted by Gasteiger charge is 2.22. The number of nitrogens with one attached hydrogen (secondary N) is 1. The number of aromatic nitrogens is 3. The maximum atomic E-state index is 5.99. The minimum Gasteiger partial charge on any atom is -0.370 e. The molecule has 0 aliphatic carbocycles. The number of guanidine groups is 1. The summed E-state index contributed by atoms with van der Waals surface area (Å²) in [6, 6.07) is 12.3. The van der Waals surface area contributed by atoms with Crippen molar-refractivity contribution in [2.24, 2.45) is 16.5 Å². The molecule has 3 aromatic rings. The van der Waals surface area contributed by atoms with E-state index >= 15 is 0 Å². The number of hydrogen-bond acceptors (Lipinski definition) is 6. The van der Waals surface area contributed by atoms with Crippen molar-refractivity contribution in [2.45, 2.75) is 12.6 Å². The van der Waals surface area contributed by atoms with Crippen molar-refractivity contribution >= 4 is 11.8 Å². The van der Waals surface area contributed by atoms with Crippen molar-refractivity contribution in [3.05, 3.63) is 71.9 Å². The number of benzene rings is 1. The summed E-state index contributed by atoms with van der Waals surface area (Å²) in [6.07, 6.45) is 5.75. The van der Waals surface area contributed by atoms with E-state index in [1.165, 1.54) is 11.1 Å². The summed E-state index contributed by atoms with van der Waals surface area (Å²) in [5, 5.41) is 2.86. The first-order chi connectivity index (χ1) is 11.7. The minimum absolute atomic E-state index is 0.297. The van der Waals surface area contributed by atoms with E-state index in [2.05, 4.69) is 32.4 Å². The Morgan fingerprint density at radius 2 is 1.75 bits per heavy atom. The quantitative estimate of drug-likeness (QED) is 0.676. The minimum atomic E-state index is -0.440. The second kappa shape index (κ2) is 5.78. The topological polar surface area (TPSA) is 107 Å². The second-order valence-corrected chi connectivity index (χ2v) is 5.64. The second-order valence-electron chi connectivity index (χ2n) is 5.64. The number of nitrogens with zero attached hydrogens (tertiary/aromatic N) is 4. The number of nitrogens with two attached hydrogens (primary N) is 2. The molecule has 0 radical (unpaired) electrons. The van der Waals surface area contributed by atoms with Crippen LogP contribution in [0.2, 0.25) is 0 Å². The Kier molecular flexibility index (Phi) is 3.47. The van der Waals surface area contributed by atoms with Crippen LogP contribution in [0.25, 0.3) is 5.69 Å². The molecular formula is C17H17N7. The number of hydrogen-bond donors (Lipinski definition) is 3. The van der Waals surface area contributed by atoms with Crippen molar-refractivity contribution in [3.63, 3.8) is 0 Å². The van der Waals surface area contributed by atoms with Crippen LogP contribution in [0.3, 0.4) is 0 Å². The van der Waals surface area contributed by atoms with E-state index in [1.54, 1.807) is 18.7 Å². The van der Waals surface area contributed by atoms with Crippen LogP contribution in [0.15, 0.2) is 60.1 Å². The lowest BCUT2D eigenvalue weighted by molar-refractivity contribution is 0.648. The van der Waals surface area contributed by atoms with Gasteiger partial charge < -0.3 is 16.8 Å². The summed E-state index contributed by atoms with van der Waals surface area (Å²) in [4.78, 5) is 12.7. The van der Waals surface area contributed by atoms with Gasteiger partial charge in [-0.25, -0.2) is 4.98 Å². The van der Waals surface area contributed by atoms with Crippen molar-refractivity contribution in [1.29, 1.82) is 0 Å². The van der Waals surface area contributed by atoms with Gasteiger partial charge in [-0.15, -0.1) is 0 Å². The molecule has 1 aromatic carbocycles. The third-order valence-corrected chi connectivity index (χ3v) is 3.97. The van der Waals surface area contributed by atoms with Crippen molar-refractivity contribution < 1.29 is 0 Å². The predicted molar refractivity (Wildman–Crippen MR) is 92.0 cm³/mol. The number of rotatable bonds is 3. The van der Waals surface area contributed by atoms with E-state index < -0.39 is 6.17 Å². The van der Waals surface area contributed by atoms with E-state index in [-0.39, 0.29) is 0 Å². The van der Waals surface area contributed by atoms with Gasteiger partial charge in [-0.1, -0.05) is 12.1 Å². The van der Waals surface area contributed by atoms with Crippen LogP contribution in [-0.4, -0.2) is 20.5 Å². The molecule has 1 aliphatic rings. The fourth-order valence-corrected chi connectivity index (χ4v) is 2.76. The molecule has 2 aromatic heterocycles. The maximum absolute atomic E-state index is 5.99. The van der Waals surface area contributed by atoms with E-state index in [4.69, 9.17) is 11.5 Å². The average Bonchev–Trinajstić information content (AvgIpc) is 3.01. The highest BCUT2D eigenvalue weighted by Crippen LogP contribution is 2.28. The summed E-state index contributed by atoms with van der Waals surface area (Å²) >= 11 is 0. The third kappa shape index (κ3) is 2.61. The van der Waals surface area contributed by atoms with E-state index in [1.807, 2.05) is 28.8 Å². The van der Waals surface area contributed by atoms with Crippen molar-refractivity contribution in [2.75, 3.05) is 0 Å². The van der Waals surface area contributed by atoms with Crippen LogP contribution in [0, 0.1) is 0 Å². The molecule has 0 saturated carbocycles. The lowest BCUT2D eigenvalue weighted by Crippen LogP contribution is -2.41. The summed E-state index contributed by atoms with van der Waals surface area (Å²) in [7, 11) is 0. The van der Waals surface area contributed by atoms with Crippen LogP contribution < -0.4 is 16.8 Å². The molecule has 3 heterocycles. The molecular weight excluding hydrogens is 302 g/mol. The molecule has 7 heteroatoms. The fourth-order valence-electron chi connectivity index (χ4n) is 2.76. The zero-order valence-electron chi connectivity index (χ0n) is 12.9. The molecule has 7 nitrogen and oxygen atoms in total. The van der Waals surface area contributed by atoms with Gasteiger partial charge >= 0.3 is 0 Å². The molecule has 0 spiro atoms.